The van der Waals surface area contributed by atoms with Crippen LogP contribution in [-0.4, -0.2) is 12.4 Å². The lowest BCUT2D eigenvalue weighted by Gasteiger charge is -2.13. The minimum Gasteiger partial charge on any atom is -0.313 e. The SMILES string of the molecule is CC(C=N)C(C)CCC=N. The summed E-state index contributed by atoms with van der Waals surface area (Å²) in [7, 11) is 0. The molecule has 0 radical (unpaired) electrons. The summed E-state index contributed by atoms with van der Waals surface area (Å²) in [6, 6.07) is 0. The third-order valence-corrected chi connectivity index (χ3v) is 1.93. The lowest BCUT2D eigenvalue weighted by Crippen LogP contribution is -2.08. The quantitative estimate of drug-likeness (QED) is 0.551. The Bertz CT molecular complexity index is 110. The maximum absolute atomic E-state index is 6.99. The van der Waals surface area contributed by atoms with E-state index in [9.17, 15) is 0 Å². The Balaban J connectivity index is 3.49. The lowest BCUT2D eigenvalue weighted by molar-refractivity contribution is 0.464. The van der Waals surface area contributed by atoms with Crippen molar-refractivity contribution in [2.75, 3.05) is 0 Å². The second-order valence-electron chi connectivity index (χ2n) is 2.78. The van der Waals surface area contributed by atoms with Crippen molar-refractivity contribution in [2.24, 2.45) is 11.8 Å². The molecule has 0 saturated carbocycles. The molecule has 0 spiro atoms. The van der Waals surface area contributed by atoms with E-state index in [1.807, 2.05) is 6.92 Å². The maximum Gasteiger partial charge on any atom is -0.00168 e. The van der Waals surface area contributed by atoms with Crippen molar-refractivity contribution in [2.45, 2.75) is 26.7 Å². The van der Waals surface area contributed by atoms with Gasteiger partial charge in [-0.2, -0.15) is 0 Å². The number of hydrogen-bond donors (Lipinski definition) is 2. The van der Waals surface area contributed by atoms with Crippen LogP contribution >= 0.6 is 0 Å². The highest BCUT2D eigenvalue weighted by molar-refractivity contribution is 5.57. The standard InChI is InChI=1S/C8H16N2/c1-7(4-3-5-9)8(2)6-10/h5-10H,3-4H2,1-2H3. The molecule has 0 rings (SSSR count). The van der Waals surface area contributed by atoms with Crippen LogP contribution in [0.2, 0.25) is 0 Å². The summed E-state index contributed by atoms with van der Waals surface area (Å²) >= 11 is 0. The van der Waals surface area contributed by atoms with E-state index in [0.717, 1.165) is 12.8 Å². The Morgan fingerprint density at radius 1 is 1.30 bits per heavy atom. The molecular weight excluding hydrogens is 124 g/mol. The highest BCUT2D eigenvalue weighted by Gasteiger charge is 2.07. The normalized spacial score (nSPS) is 15.8. The van der Waals surface area contributed by atoms with Gasteiger partial charge in [-0.15, -0.1) is 0 Å². The summed E-state index contributed by atoms with van der Waals surface area (Å²) < 4.78 is 0. The summed E-state index contributed by atoms with van der Waals surface area (Å²) in [4.78, 5) is 0. The van der Waals surface area contributed by atoms with Gasteiger partial charge in [-0.1, -0.05) is 13.8 Å². The lowest BCUT2D eigenvalue weighted by atomic mass is 9.93. The second kappa shape index (κ2) is 5.15. The molecule has 2 unspecified atom stereocenters. The minimum absolute atomic E-state index is 0.361. The van der Waals surface area contributed by atoms with E-state index < -0.39 is 0 Å². The molecule has 0 amide bonds. The van der Waals surface area contributed by atoms with Crippen LogP contribution in [0.15, 0.2) is 0 Å². The van der Waals surface area contributed by atoms with Gasteiger partial charge in [-0.3, -0.25) is 0 Å². The average molecular weight is 140 g/mol. The topological polar surface area (TPSA) is 47.7 Å². The van der Waals surface area contributed by atoms with Crippen LogP contribution in [0.4, 0.5) is 0 Å². The van der Waals surface area contributed by atoms with Crippen LogP contribution in [-0.2, 0) is 0 Å². The van der Waals surface area contributed by atoms with Crippen molar-refractivity contribution in [3.63, 3.8) is 0 Å². The third kappa shape index (κ3) is 3.38. The fraction of sp³-hybridized carbons (Fsp3) is 0.750. The van der Waals surface area contributed by atoms with Crippen molar-refractivity contribution in [3.8, 4) is 0 Å². The molecule has 0 aromatic rings. The van der Waals surface area contributed by atoms with Crippen LogP contribution in [0, 0.1) is 22.7 Å². The molecule has 2 atom stereocenters. The molecule has 0 aromatic carbocycles. The first kappa shape index (κ1) is 9.34. The van der Waals surface area contributed by atoms with Crippen LogP contribution in [0.1, 0.15) is 26.7 Å². The van der Waals surface area contributed by atoms with Gasteiger partial charge in [0.15, 0.2) is 0 Å². The molecule has 0 saturated heterocycles. The van der Waals surface area contributed by atoms with Gasteiger partial charge in [0.05, 0.1) is 0 Å². The molecule has 2 nitrogen and oxygen atoms in total. The molecule has 2 heteroatoms. The van der Waals surface area contributed by atoms with E-state index >= 15 is 0 Å². The van der Waals surface area contributed by atoms with E-state index in [1.54, 1.807) is 0 Å². The molecule has 10 heavy (non-hydrogen) atoms. The van der Waals surface area contributed by atoms with Crippen molar-refractivity contribution in [3.05, 3.63) is 0 Å². The summed E-state index contributed by atoms with van der Waals surface area (Å²) in [5.41, 5.74) is 0. The third-order valence-electron chi connectivity index (χ3n) is 1.93. The predicted octanol–water partition coefficient (Wildman–Crippen LogP) is 2.34. The molecule has 0 fully saturated rings. The zero-order valence-corrected chi connectivity index (χ0v) is 6.72. The number of hydrogen-bond acceptors (Lipinski definition) is 2. The van der Waals surface area contributed by atoms with Crippen molar-refractivity contribution >= 4 is 12.4 Å². The summed E-state index contributed by atoms with van der Waals surface area (Å²) in [5, 5.41) is 13.8. The fourth-order valence-electron chi connectivity index (χ4n) is 0.773. The highest BCUT2D eigenvalue weighted by atomic mass is 14.4. The summed E-state index contributed by atoms with van der Waals surface area (Å²) in [6.45, 7) is 4.17. The smallest absolute Gasteiger partial charge is 0.00168 e. The Morgan fingerprint density at radius 3 is 2.30 bits per heavy atom. The summed E-state index contributed by atoms with van der Waals surface area (Å²) in [5.74, 6) is 0.902. The van der Waals surface area contributed by atoms with Crippen LogP contribution < -0.4 is 0 Å². The van der Waals surface area contributed by atoms with Crippen LogP contribution in [0.5, 0.6) is 0 Å². The minimum atomic E-state index is 0.361. The largest absolute Gasteiger partial charge is 0.313 e. The Kier molecular flexibility index (Phi) is 4.81. The first-order valence-electron chi connectivity index (χ1n) is 3.72. The van der Waals surface area contributed by atoms with Gasteiger partial charge in [0.2, 0.25) is 0 Å². The van der Waals surface area contributed by atoms with Crippen molar-refractivity contribution in [1.82, 2.24) is 0 Å². The van der Waals surface area contributed by atoms with E-state index in [4.69, 9.17) is 10.8 Å². The number of rotatable bonds is 5. The van der Waals surface area contributed by atoms with Gasteiger partial charge in [-0.25, -0.2) is 0 Å². The van der Waals surface area contributed by atoms with Gasteiger partial charge in [0, 0.05) is 0 Å². The van der Waals surface area contributed by atoms with Crippen molar-refractivity contribution in [1.29, 1.82) is 10.8 Å². The van der Waals surface area contributed by atoms with Gasteiger partial charge in [0.25, 0.3) is 0 Å². The molecule has 0 aromatic heterocycles. The van der Waals surface area contributed by atoms with E-state index in [0.29, 0.717) is 11.8 Å². The zero-order chi connectivity index (χ0) is 7.98. The Morgan fingerprint density at radius 2 is 1.90 bits per heavy atom. The average Bonchev–Trinajstić information content (AvgIpc) is 1.98. The maximum atomic E-state index is 6.99. The summed E-state index contributed by atoms with van der Waals surface area (Å²) in [6.07, 6.45) is 4.79. The van der Waals surface area contributed by atoms with E-state index in [-0.39, 0.29) is 0 Å². The number of nitrogens with one attached hydrogen (secondary N) is 2. The van der Waals surface area contributed by atoms with Crippen LogP contribution in [0.3, 0.4) is 0 Å². The highest BCUT2D eigenvalue weighted by Crippen LogP contribution is 2.13. The van der Waals surface area contributed by atoms with Gasteiger partial charge < -0.3 is 10.8 Å². The van der Waals surface area contributed by atoms with Crippen LogP contribution in [0.25, 0.3) is 0 Å². The van der Waals surface area contributed by atoms with Gasteiger partial charge in [-0.05, 0) is 37.1 Å². The second-order valence-corrected chi connectivity index (χ2v) is 2.78. The molecule has 0 aliphatic carbocycles. The predicted molar refractivity (Wildman–Crippen MR) is 45.1 cm³/mol. The van der Waals surface area contributed by atoms with E-state index in [2.05, 4.69) is 6.92 Å². The molecule has 0 bridgehead atoms. The molecule has 2 N–H and O–H groups in total. The zero-order valence-electron chi connectivity index (χ0n) is 6.72. The molecule has 0 aliphatic rings. The first-order valence-corrected chi connectivity index (χ1v) is 3.72. The van der Waals surface area contributed by atoms with E-state index in [1.165, 1.54) is 12.4 Å². The Hall–Kier alpha value is -0.660. The Labute approximate surface area is 62.7 Å². The molecule has 0 aliphatic heterocycles. The fourth-order valence-corrected chi connectivity index (χ4v) is 0.773. The molecule has 58 valence electrons. The van der Waals surface area contributed by atoms with Crippen molar-refractivity contribution < 1.29 is 0 Å². The van der Waals surface area contributed by atoms with Gasteiger partial charge >= 0.3 is 0 Å². The first-order chi connectivity index (χ1) is 4.72. The molecule has 0 heterocycles. The van der Waals surface area contributed by atoms with Gasteiger partial charge in [0.1, 0.15) is 0 Å². The monoisotopic (exact) mass is 140 g/mol. The molecular formula is C8H16N2.